The summed E-state index contributed by atoms with van der Waals surface area (Å²) in [4.78, 5) is 74.6. The average Bonchev–Trinajstić information content (AvgIpc) is 3.60. The van der Waals surface area contributed by atoms with E-state index >= 15 is 0 Å². The Morgan fingerprint density at radius 1 is 0.922 bits per heavy atom. The molecule has 0 saturated carbocycles. The van der Waals surface area contributed by atoms with Gasteiger partial charge in [0.15, 0.2) is 11.6 Å². The molecule has 2 bridgehead atoms. The fourth-order valence-electron chi connectivity index (χ4n) is 5.57. The number of halogens is 1. The lowest BCUT2D eigenvalue weighted by Crippen LogP contribution is -2.57. The van der Waals surface area contributed by atoms with E-state index in [-0.39, 0.29) is 55.4 Å². The number of carbonyl (C=O) groups is 5. The van der Waals surface area contributed by atoms with Crippen LogP contribution in [0.3, 0.4) is 0 Å². The summed E-state index contributed by atoms with van der Waals surface area (Å²) in [5.74, 6) is -3.22. The van der Waals surface area contributed by atoms with Crippen LogP contribution in [0.4, 0.5) is 4.39 Å². The van der Waals surface area contributed by atoms with Crippen LogP contribution in [0.1, 0.15) is 60.4 Å². The average molecular weight is 724 g/mol. The maximum atomic E-state index is 14.2. The SMILES string of the molecule is COc1cc(CN2CCN(C)C(=O)[C@@H](C)NC(=O)[C@H](C(C)C)NC(=O)[C@H](C)NC(=O)c3csc(n3)[C@H](Cc3ccccc3)NC(=O)C2)ccc1F. The van der Waals surface area contributed by atoms with Gasteiger partial charge in [-0.1, -0.05) is 50.2 Å². The van der Waals surface area contributed by atoms with Gasteiger partial charge in [0, 0.05) is 32.1 Å². The van der Waals surface area contributed by atoms with Crippen LogP contribution in [-0.2, 0) is 32.1 Å². The second kappa shape index (κ2) is 17.9. The fourth-order valence-corrected chi connectivity index (χ4v) is 6.42. The molecule has 0 radical (unpaired) electrons. The zero-order valence-corrected chi connectivity index (χ0v) is 30.5. The first kappa shape index (κ1) is 38.9. The van der Waals surface area contributed by atoms with Gasteiger partial charge in [-0.25, -0.2) is 9.37 Å². The summed E-state index contributed by atoms with van der Waals surface area (Å²) in [5.41, 5.74) is 1.70. The van der Waals surface area contributed by atoms with Gasteiger partial charge in [0.1, 0.15) is 28.8 Å². The Hall–Kier alpha value is -4.89. The number of methoxy groups -OCH3 is 1. The van der Waals surface area contributed by atoms with Crippen LogP contribution in [0.5, 0.6) is 5.75 Å². The first-order chi connectivity index (χ1) is 24.2. The molecule has 0 saturated heterocycles. The summed E-state index contributed by atoms with van der Waals surface area (Å²) in [7, 11) is 2.97. The molecule has 51 heavy (non-hydrogen) atoms. The number of benzene rings is 2. The predicted octanol–water partition coefficient (Wildman–Crippen LogP) is 2.43. The van der Waals surface area contributed by atoms with E-state index in [9.17, 15) is 28.4 Å². The van der Waals surface area contributed by atoms with Crippen molar-refractivity contribution >= 4 is 40.9 Å². The number of amides is 5. The van der Waals surface area contributed by atoms with Gasteiger partial charge in [-0.3, -0.25) is 28.9 Å². The summed E-state index contributed by atoms with van der Waals surface area (Å²) < 4.78 is 19.4. The quantitative estimate of drug-likeness (QED) is 0.302. The van der Waals surface area contributed by atoms with Crippen molar-refractivity contribution < 1.29 is 33.1 Å². The third-order valence-corrected chi connectivity index (χ3v) is 9.46. The topological polar surface area (TPSA) is 162 Å². The van der Waals surface area contributed by atoms with Gasteiger partial charge in [0.2, 0.25) is 23.6 Å². The van der Waals surface area contributed by atoms with Gasteiger partial charge in [-0.15, -0.1) is 11.3 Å². The summed E-state index contributed by atoms with van der Waals surface area (Å²) in [6.45, 7) is 7.18. The van der Waals surface area contributed by atoms with E-state index in [4.69, 9.17) is 4.74 Å². The summed E-state index contributed by atoms with van der Waals surface area (Å²) in [5, 5.41) is 13.2. The van der Waals surface area contributed by atoms with E-state index in [2.05, 4.69) is 26.3 Å². The lowest BCUT2D eigenvalue weighted by molar-refractivity contribution is -0.136. The molecule has 4 N–H and O–H groups in total. The van der Waals surface area contributed by atoms with Crippen LogP contribution in [-0.4, -0.2) is 96.2 Å². The Bertz CT molecular complexity index is 1700. The lowest BCUT2D eigenvalue weighted by atomic mass is 10.0. The maximum absolute atomic E-state index is 14.2. The molecule has 274 valence electrons. The number of rotatable bonds is 6. The van der Waals surface area contributed by atoms with Gasteiger partial charge < -0.3 is 30.9 Å². The molecule has 15 heteroatoms. The van der Waals surface area contributed by atoms with Gasteiger partial charge in [-0.05, 0) is 49.4 Å². The largest absolute Gasteiger partial charge is 0.494 e. The van der Waals surface area contributed by atoms with E-state index in [1.54, 1.807) is 45.3 Å². The lowest BCUT2D eigenvalue weighted by Gasteiger charge is -2.29. The third-order valence-electron chi connectivity index (χ3n) is 8.50. The van der Waals surface area contributed by atoms with Crippen LogP contribution in [0.25, 0.3) is 0 Å². The van der Waals surface area contributed by atoms with Gasteiger partial charge in [0.25, 0.3) is 5.91 Å². The fraction of sp³-hybridized carbons (Fsp3) is 0.444. The Balaban J connectivity index is 1.67. The van der Waals surface area contributed by atoms with Crippen molar-refractivity contribution in [3.05, 3.63) is 81.6 Å². The summed E-state index contributed by atoms with van der Waals surface area (Å²) in [6, 6.07) is 10.5. The van der Waals surface area contributed by atoms with E-state index in [1.807, 2.05) is 35.2 Å². The second-order valence-corrected chi connectivity index (χ2v) is 13.9. The minimum atomic E-state index is -1.01. The Morgan fingerprint density at radius 2 is 1.65 bits per heavy atom. The zero-order chi connectivity index (χ0) is 37.2. The minimum Gasteiger partial charge on any atom is -0.494 e. The molecule has 1 aliphatic rings. The molecule has 4 rings (SSSR count). The molecular formula is C36H46FN7O6S. The van der Waals surface area contributed by atoms with Crippen molar-refractivity contribution in [2.24, 2.45) is 5.92 Å². The summed E-state index contributed by atoms with van der Waals surface area (Å²) >= 11 is 1.21. The first-order valence-electron chi connectivity index (χ1n) is 16.8. The van der Waals surface area contributed by atoms with Crippen molar-refractivity contribution in [3.8, 4) is 5.75 Å². The highest BCUT2D eigenvalue weighted by Gasteiger charge is 2.31. The Kier molecular flexibility index (Phi) is 13.6. The number of hydrogen-bond donors (Lipinski definition) is 4. The molecule has 1 aliphatic heterocycles. The van der Waals surface area contributed by atoms with Crippen LogP contribution < -0.4 is 26.0 Å². The van der Waals surface area contributed by atoms with Gasteiger partial charge in [-0.2, -0.15) is 0 Å². The number of aromatic nitrogens is 1. The van der Waals surface area contributed by atoms with Crippen molar-refractivity contribution in [2.45, 2.75) is 64.8 Å². The van der Waals surface area contributed by atoms with Crippen LogP contribution in [0.15, 0.2) is 53.9 Å². The second-order valence-electron chi connectivity index (χ2n) is 13.0. The number of likely N-dealkylation sites (N-methyl/N-ethyl adjacent to an activating group) is 1. The number of carbonyl (C=O) groups excluding carboxylic acids is 5. The number of fused-ring (bicyclic) bond motifs is 2. The molecule has 5 amide bonds. The van der Waals surface area contributed by atoms with Crippen molar-refractivity contribution in [1.29, 1.82) is 0 Å². The number of nitrogens with zero attached hydrogens (tertiary/aromatic N) is 3. The highest BCUT2D eigenvalue weighted by Crippen LogP contribution is 2.24. The van der Waals surface area contributed by atoms with Gasteiger partial charge in [0.05, 0.1) is 19.7 Å². The summed E-state index contributed by atoms with van der Waals surface area (Å²) in [6.07, 6.45) is 0.391. The van der Waals surface area contributed by atoms with E-state index in [0.29, 0.717) is 17.0 Å². The van der Waals surface area contributed by atoms with Crippen LogP contribution in [0, 0.1) is 11.7 Å². The number of thiazole rings is 1. The molecule has 2 aromatic carbocycles. The Labute approximate surface area is 301 Å². The number of ether oxygens (including phenoxy) is 1. The highest BCUT2D eigenvalue weighted by atomic mass is 32.1. The number of hydrogen-bond acceptors (Lipinski definition) is 9. The van der Waals surface area contributed by atoms with E-state index < -0.39 is 47.7 Å². The molecule has 0 spiro atoms. The van der Waals surface area contributed by atoms with Crippen LogP contribution in [0.2, 0.25) is 0 Å². The molecular weight excluding hydrogens is 678 g/mol. The van der Waals surface area contributed by atoms with E-state index in [0.717, 1.165) is 5.56 Å². The van der Waals surface area contributed by atoms with Crippen LogP contribution >= 0.6 is 11.3 Å². The molecule has 2 heterocycles. The zero-order valence-electron chi connectivity index (χ0n) is 29.7. The Morgan fingerprint density at radius 3 is 2.33 bits per heavy atom. The van der Waals surface area contributed by atoms with Crippen molar-refractivity contribution in [3.63, 3.8) is 0 Å². The minimum absolute atomic E-state index is 0.0644. The maximum Gasteiger partial charge on any atom is 0.271 e. The smallest absolute Gasteiger partial charge is 0.271 e. The highest BCUT2D eigenvalue weighted by molar-refractivity contribution is 7.09. The molecule has 0 unspecified atom stereocenters. The van der Waals surface area contributed by atoms with Gasteiger partial charge >= 0.3 is 0 Å². The normalized spacial score (nSPS) is 22.0. The van der Waals surface area contributed by atoms with Crippen molar-refractivity contribution in [2.75, 3.05) is 33.8 Å². The first-order valence-corrected chi connectivity index (χ1v) is 17.6. The third kappa shape index (κ3) is 10.8. The molecule has 0 aliphatic carbocycles. The molecule has 13 nitrogen and oxygen atoms in total. The molecule has 1 aromatic heterocycles. The predicted molar refractivity (Wildman–Crippen MR) is 190 cm³/mol. The number of nitrogens with one attached hydrogen (secondary N) is 4. The molecule has 4 atom stereocenters. The standard InChI is InChI=1S/C36H46FN7O6S/c1-21(2)31-34(48)39-23(4)36(49)43(5)14-15-44(18-25-12-13-26(37)29(17-25)50-6)19-30(45)40-27(16-24-10-8-7-9-11-24)35-41-28(20-51-35)33(47)38-22(3)32(46)42-31/h7-13,17,20-23,27,31H,14-16,18-19H2,1-6H3,(H,38,47)(H,39,48)(H,40,45)(H,42,46)/t22-,23+,27-,31-/m0/s1. The molecule has 3 aromatic rings. The molecule has 0 fully saturated rings. The monoisotopic (exact) mass is 723 g/mol. The van der Waals surface area contributed by atoms with Crippen molar-refractivity contribution in [1.82, 2.24) is 36.1 Å². The van der Waals surface area contributed by atoms with E-state index in [1.165, 1.54) is 36.3 Å².